The Balaban J connectivity index is 1.62. The quantitative estimate of drug-likeness (QED) is 0.385. The fourth-order valence-corrected chi connectivity index (χ4v) is 5.98. The molecule has 0 spiro atoms. The summed E-state index contributed by atoms with van der Waals surface area (Å²) in [6.07, 6.45) is 7.43. The average molecular weight is 568 g/mol. The molecule has 2 aliphatic rings. The van der Waals surface area contributed by atoms with E-state index in [0.717, 1.165) is 12.0 Å². The fourth-order valence-electron chi connectivity index (χ4n) is 5.13. The van der Waals surface area contributed by atoms with Crippen LogP contribution in [0.2, 0.25) is 0 Å². The van der Waals surface area contributed by atoms with Crippen molar-refractivity contribution in [3.05, 3.63) is 29.7 Å². The molecule has 2 fully saturated rings. The first-order valence-electron chi connectivity index (χ1n) is 14.0. The molecular formula is C28H43F2N5O3S. The van der Waals surface area contributed by atoms with Crippen molar-refractivity contribution in [2.75, 3.05) is 0 Å². The molecule has 0 radical (unpaired) electrons. The van der Waals surface area contributed by atoms with E-state index >= 15 is 0 Å². The van der Waals surface area contributed by atoms with Crippen molar-refractivity contribution in [1.82, 2.24) is 24.6 Å². The first-order valence-corrected chi connectivity index (χ1v) is 15.2. The minimum atomic E-state index is -2.68. The minimum absolute atomic E-state index is 0.135. The molecule has 2 saturated carbocycles. The summed E-state index contributed by atoms with van der Waals surface area (Å²) in [4.78, 5) is 17.5. The number of alkyl carbamates (subject to hydrolysis) is 1. The number of halogens is 2. The topological polar surface area (TPSA) is 97.6 Å². The van der Waals surface area contributed by atoms with Crippen molar-refractivity contribution < 1.29 is 22.5 Å². The van der Waals surface area contributed by atoms with Crippen LogP contribution in [0.4, 0.5) is 13.6 Å². The lowest BCUT2D eigenvalue weighted by atomic mass is 9.80. The normalized spacial score (nSPS) is 21.2. The summed E-state index contributed by atoms with van der Waals surface area (Å²) in [5.41, 5.74) is 1.35. The van der Waals surface area contributed by atoms with Gasteiger partial charge in [0.1, 0.15) is 5.60 Å². The number of hydrogen-bond acceptors (Lipinski definition) is 5. The van der Waals surface area contributed by atoms with Gasteiger partial charge in [-0.15, -0.1) is 0 Å². The van der Waals surface area contributed by atoms with Crippen molar-refractivity contribution in [2.45, 2.75) is 121 Å². The Morgan fingerprint density at radius 3 is 2.41 bits per heavy atom. The van der Waals surface area contributed by atoms with Gasteiger partial charge in [-0.1, -0.05) is 19.3 Å². The predicted octanol–water partition coefficient (Wildman–Crippen LogP) is 6.40. The third-order valence-corrected chi connectivity index (χ3v) is 9.20. The third-order valence-electron chi connectivity index (χ3n) is 7.59. The summed E-state index contributed by atoms with van der Waals surface area (Å²) >= 11 is 0. The molecule has 11 heteroatoms. The van der Waals surface area contributed by atoms with Crippen molar-refractivity contribution >= 4 is 22.7 Å². The van der Waals surface area contributed by atoms with E-state index in [9.17, 15) is 17.8 Å². The molecule has 3 atom stereocenters. The zero-order chi connectivity index (χ0) is 28.6. The maximum absolute atomic E-state index is 13.9. The Morgan fingerprint density at radius 1 is 1.18 bits per heavy atom. The molecule has 1 unspecified atom stereocenters. The molecule has 2 aliphatic carbocycles. The maximum atomic E-state index is 13.9. The zero-order valence-corrected chi connectivity index (χ0v) is 24.7. The van der Waals surface area contributed by atoms with Crippen molar-refractivity contribution in [3.63, 3.8) is 0 Å². The number of alkyl halides is 2. The molecule has 2 N–H and O–H groups in total. The van der Waals surface area contributed by atoms with Crippen LogP contribution in [-0.2, 0) is 15.7 Å². The first kappa shape index (κ1) is 29.8. The van der Waals surface area contributed by atoms with Gasteiger partial charge in [0.2, 0.25) is 5.92 Å². The molecule has 0 aromatic carbocycles. The van der Waals surface area contributed by atoms with E-state index in [4.69, 9.17) is 9.72 Å². The fraction of sp³-hybridized carbons (Fsp3) is 0.750. The molecule has 4 rings (SSSR count). The van der Waals surface area contributed by atoms with Crippen LogP contribution in [0.3, 0.4) is 0 Å². The Kier molecular flexibility index (Phi) is 8.71. The highest BCUT2D eigenvalue weighted by molar-refractivity contribution is 7.84. The van der Waals surface area contributed by atoms with Crippen molar-refractivity contribution in [3.8, 4) is 0 Å². The summed E-state index contributed by atoms with van der Waals surface area (Å²) in [5, 5.41) is 7.49. The van der Waals surface area contributed by atoms with Crippen molar-refractivity contribution in [2.24, 2.45) is 11.8 Å². The smallest absolute Gasteiger partial charge is 0.408 e. The SMILES string of the molecule is CC(C)(C)OC(=O)N[C@H](c1cn2ncc(C(CC3CCC3)N[S@@](=O)C(C)(C)C)cc2n1)C1CCC(F)(F)CC1. The summed E-state index contributed by atoms with van der Waals surface area (Å²) in [5.74, 6) is -2.31. The van der Waals surface area contributed by atoms with Crippen molar-refractivity contribution in [1.29, 1.82) is 0 Å². The summed E-state index contributed by atoms with van der Waals surface area (Å²) in [6.45, 7) is 11.2. The zero-order valence-electron chi connectivity index (χ0n) is 23.9. The highest BCUT2D eigenvalue weighted by Gasteiger charge is 2.40. The van der Waals surface area contributed by atoms with Gasteiger partial charge in [-0.05, 0) is 84.3 Å². The predicted molar refractivity (Wildman–Crippen MR) is 148 cm³/mol. The van der Waals surface area contributed by atoms with Gasteiger partial charge in [0.25, 0.3) is 0 Å². The molecule has 2 aromatic rings. The molecule has 1 amide bonds. The summed E-state index contributed by atoms with van der Waals surface area (Å²) < 4.78 is 50.9. The largest absolute Gasteiger partial charge is 0.444 e. The van der Waals surface area contributed by atoms with Crippen LogP contribution in [-0.4, -0.2) is 41.2 Å². The first-order chi connectivity index (χ1) is 18.1. The number of carbonyl (C=O) groups is 1. The number of aromatic nitrogens is 3. The number of ether oxygens (including phenoxy) is 1. The minimum Gasteiger partial charge on any atom is -0.444 e. The van der Waals surface area contributed by atoms with Gasteiger partial charge in [0.15, 0.2) is 5.65 Å². The van der Waals surface area contributed by atoms with Gasteiger partial charge >= 0.3 is 6.09 Å². The van der Waals surface area contributed by atoms with Gasteiger partial charge < -0.3 is 10.1 Å². The standard InChI is InChI=1S/C28H43F2N5O3S/c1-26(2,3)38-25(36)33-24(19-10-12-28(29,30)13-11-19)22-17-35-23(32-22)15-20(16-31-35)21(14-18-8-7-9-18)34-39(37)27(4,5)6/h15-19,21,24,34H,7-14H2,1-6H3,(H,33,36)/t21?,24-,39-/m0/s1. The van der Waals surface area contributed by atoms with E-state index in [0.29, 0.717) is 17.3 Å². The van der Waals surface area contributed by atoms with Gasteiger partial charge in [0, 0.05) is 18.9 Å². The van der Waals surface area contributed by atoms with Crippen LogP contribution in [0.1, 0.15) is 116 Å². The van der Waals surface area contributed by atoms with Crippen LogP contribution < -0.4 is 10.0 Å². The number of nitrogens with one attached hydrogen (secondary N) is 2. The number of rotatable bonds is 8. The molecular weight excluding hydrogens is 524 g/mol. The second-order valence-corrected chi connectivity index (χ2v) is 15.2. The number of carbonyl (C=O) groups excluding carboxylic acids is 1. The number of fused-ring (bicyclic) bond motifs is 1. The lowest BCUT2D eigenvalue weighted by Crippen LogP contribution is -2.40. The lowest BCUT2D eigenvalue weighted by molar-refractivity contribution is -0.0500. The summed E-state index contributed by atoms with van der Waals surface area (Å²) in [7, 11) is -1.25. The van der Waals surface area contributed by atoms with E-state index in [-0.39, 0.29) is 37.6 Å². The van der Waals surface area contributed by atoms with Gasteiger partial charge in [-0.2, -0.15) is 5.10 Å². The van der Waals surface area contributed by atoms with Gasteiger partial charge in [0.05, 0.1) is 39.9 Å². The molecule has 2 aromatic heterocycles. The lowest BCUT2D eigenvalue weighted by Gasteiger charge is -2.33. The van der Waals surface area contributed by atoms with Crippen LogP contribution >= 0.6 is 0 Å². The van der Waals surface area contributed by atoms with E-state index < -0.39 is 39.4 Å². The monoisotopic (exact) mass is 567 g/mol. The molecule has 0 aliphatic heterocycles. The second kappa shape index (κ2) is 11.4. The highest BCUT2D eigenvalue weighted by Crippen LogP contribution is 2.41. The number of hydrogen-bond donors (Lipinski definition) is 2. The second-order valence-electron chi connectivity index (χ2n) is 13.2. The Labute approximate surface area is 232 Å². The highest BCUT2D eigenvalue weighted by atomic mass is 32.2. The van der Waals surface area contributed by atoms with E-state index in [1.54, 1.807) is 37.7 Å². The Bertz CT molecular complexity index is 1180. The van der Waals surface area contributed by atoms with Crippen LogP contribution in [0.5, 0.6) is 0 Å². The Hall–Kier alpha value is -2.14. The Morgan fingerprint density at radius 2 is 1.85 bits per heavy atom. The van der Waals surface area contributed by atoms with E-state index in [2.05, 4.69) is 15.1 Å². The van der Waals surface area contributed by atoms with Gasteiger partial charge in [-0.3, -0.25) is 0 Å². The van der Waals surface area contributed by atoms with Crippen LogP contribution in [0.15, 0.2) is 18.5 Å². The maximum Gasteiger partial charge on any atom is 0.408 e. The number of nitrogens with zero attached hydrogens (tertiary/aromatic N) is 3. The third kappa shape index (κ3) is 7.96. The number of amides is 1. The molecule has 39 heavy (non-hydrogen) atoms. The molecule has 0 bridgehead atoms. The van der Waals surface area contributed by atoms with Crippen LogP contribution in [0.25, 0.3) is 5.65 Å². The van der Waals surface area contributed by atoms with Crippen LogP contribution in [0, 0.1) is 11.8 Å². The van der Waals surface area contributed by atoms with E-state index in [1.165, 1.54) is 19.3 Å². The molecule has 8 nitrogen and oxygen atoms in total. The summed E-state index contributed by atoms with van der Waals surface area (Å²) in [6, 6.07) is 1.22. The van der Waals surface area contributed by atoms with E-state index in [1.807, 2.05) is 26.8 Å². The molecule has 0 saturated heterocycles. The average Bonchev–Trinajstić information content (AvgIpc) is 3.20. The van der Waals surface area contributed by atoms with Gasteiger partial charge in [-0.25, -0.2) is 32.0 Å². The number of imidazole rings is 1. The molecule has 2 heterocycles. The molecule has 218 valence electrons.